The Morgan fingerprint density at radius 2 is 2.31 bits per heavy atom. The summed E-state index contributed by atoms with van der Waals surface area (Å²) in [6, 6.07) is 2.52. The molecule has 1 aromatic heterocycles. The Morgan fingerprint density at radius 1 is 1.54 bits per heavy atom. The summed E-state index contributed by atoms with van der Waals surface area (Å²) in [5.41, 5.74) is 5.59. The second kappa shape index (κ2) is 3.20. The highest BCUT2D eigenvalue weighted by Gasteiger charge is 2.28. The summed E-state index contributed by atoms with van der Waals surface area (Å²) in [5, 5.41) is 0. The maximum Gasteiger partial charge on any atom is 0.134 e. The third-order valence-corrected chi connectivity index (χ3v) is 2.30. The molecule has 1 fully saturated rings. The topological polar surface area (TPSA) is 55.0 Å². The van der Waals surface area contributed by atoms with E-state index in [9.17, 15) is 0 Å². The standard InChI is InChI=1S/C9H14N4/c1-2-13(7-3-4-7)9-5-8(10)11-6-12-9/h5-7H,2-4H2,1H3,(H2,10,11,12). The maximum absolute atomic E-state index is 5.59. The molecule has 1 aliphatic rings. The van der Waals surface area contributed by atoms with Crippen LogP contribution in [0.2, 0.25) is 0 Å². The van der Waals surface area contributed by atoms with Gasteiger partial charge in [-0.25, -0.2) is 9.97 Å². The van der Waals surface area contributed by atoms with Crippen LogP contribution in [0.5, 0.6) is 0 Å². The summed E-state index contributed by atoms with van der Waals surface area (Å²) in [7, 11) is 0. The lowest BCUT2D eigenvalue weighted by Crippen LogP contribution is -2.26. The van der Waals surface area contributed by atoms with Gasteiger partial charge in [0.05, 0.1) is 0 Å². The molecule has 0 radical (unpaired) electrons. The highest BCUT2D eigenvalue weighted by molar-refractivity contribution is 5.47. The first kappa shape index (κ1) is 8.29. The summed E-state index contributed by atoms with van der Waals surface area (Å²) in [6.45, 7) is 3.12. The smallest absolute Gasteiger partial charge is 0.134 e. The van der Waals surface area contributed by atoms with E-state index >= 15 is 0 Å². The van der Waals surface area contributed by atoms with E-state index in [2.05, 4.69) is 21.8 Å². The lowest BCUT2D eigenvalue weighted by Gasteiger charge is -2.20. The molecule has 0 bridgehead atoms. The molecule has 0 aromatic carbocycles. The molecule has 70 valence electrons. The number of hydrogen-bond acceptors (Lipinski definition) is 4. The van der Waals surface area contributed by atoms with Crippen molar-refractivity contribution in [3.05, 3.63) is 12.4 Å². The Hall–Kier alpha value is -1.32. The molecule has 4 nitrogen and oxygen atoms in total. The van der Waals surface area contributed by atoms with E-state index in [0.29, 0.717) is 11.9 Å². The van der Waals surface area contributed by atoms with Gasteiger partial charge in [-0.15, -0.1) is 0 Å². The van der Waals surface area contributed by atoms with Gasteiger partial charge in [-0.05, 0) is 19.8 Å². The minimum Gasteiger partial charge on any atom is -0.384 e. The molecule has 0 amide bonds. The molecule has 2 rings (SSSR count). The summed E-state index contributed by atoms with van der Waals surface area (Å²) in [4.78, 5) is 10.4. The summed E-state index contributed by atoms with van der Waals surface area (Å²) in [5.74, 6) is 1.50. The first-order valence-electron chi connectivity index (χ1n) is 4.65. The Labute approximate surface area is 77.8 Å². The lowest BCUT2D eigenvalue weighted by atomic mass is 10.4. The van der Waals surface area contributed by atoms with Gasteiger partial charge in [0.1, 0.15) is 18.0 Å². The van der Waals surface area contributed by atoms with E-state index < -0.39 is 0 Å². The molecule has 1 saturated carbocycles. The zero-order chi connectivity index (χ0) is 9.26. The molecule has 1 aliphatic carbocycles. The van der Waals surface area contributed by atoms with Crippen LogP contribution in [-0.4, -0.2) is 22.6 Å². The van der Waals surface area contributed by atoms with E-state index in [1.165, 1.54) is 19.2 Å². The summed E-state index contributed by atoms with van der Waals surface area (Å²) in [6.07, 6.45) is 4.07. The van der Waals surface area contributed by atoms with Gasteiger partial charge in [-0.2, -0.15) is 0 Å². The largest absolute Gasteiger partial charge is 0.384 e. The van der Waals surface area contributed by atoms with Gasteiger partial charge in [-0.3, -0.25) is 0 Å². The molecule has 0 saturated heterocycles. The van der Waals surface area contributed by atoms with Crippen molar-refractivity contribution in [2.24, 2.45) is 0 Å². The van der Waals surface area contributed by atoms with Crippen LogP contribution in [0.1, 0.15) is 19.8 Å². The number of hydrogen-bond donors (Lipinski definition) is 1. The fourth-order valence-corrected chi connectivity index (χ4v) is 1.51. The minimum atomic E-state index is 0.545. The van der Waals surface area contributed by atoms with Crippen LogP contribution in [0.15, 0.2) is 12.4 Å². The van der Waals surface area contributed by atoms with E-state index in [1.54, 1.807) is 0 Å². The normalized spacial score (nSPS) is 15.8. The number of nitrogens with two attached hydrogens (primary N) is 1. The zero-order valence-electron chi connectivity index (χ0n) is 7.77. The number of nitrogen functional groups attached to an aromatic ring is 1. The molecule has 1 aromatic rings. The highest BCUT2D eigenvalue weighted by atomic mass is 15.2. The number of rotatable bonds is 3. The predicted octanol–water partition coefficient (Wildman–Crippen LogP) is 1.05. The van der Waals surface area contributed by atoms with Crippen LogP contribution in [0.25, 0.3) is 0 Å². The number of aromatic nitrogens is 2. The zero-order valence-corrected chi connectivity index (χ0v) is 7.77. The van der Waals surface area contributed by atoms with Crippen LogP contribution < -0.4 is 10.6 Å². The molecule has 0 unspecified atom stereocenters. The molecular weight excluding hydrogens is 164 g/mol. The fourth-order valence-electron chi connectivity index (χ4n) is 1.51. The SMILES string of the molecule is CCN(c1cc(N)ncn1)C1CC1. The van der Waals surface area contributed by atoms with Crippen molar-refractivity contribution in [3.63, 3.8) is 0 Å². The summed E-state index contributed by atoms with van der Waals surface area (Å²) >= 11 is 0. The molecule has 4 heteroatoms. The van der Waals surface area contributed by atoms with Gasteiger partial charge in [0.15, 0.2) is 0 Å². The second-order valence-corrected chi connectivity index (χ2v) is 3.32. The van der Waals surface area contributed by atoms with Crippen LogP contribution >= 0.6 is 0 Å². The van der Waals surface area contributed by atoms with Crippen molar-refractivity contribution in [2.75, 3.05) is 17.2 Å². The van der Waals surface area contributed by atoms with Crippen LogP contribution in [-0.2, 0) is 0 Å². The van der Waals surface area contributed by atoms with Gasteiger partial charge >= 0.3 is 0 Å². The van der Waals surface area contributed by atoms with Crippen molar-refractivity contribution in [1.82, 2.24) is 9.97 Å². The molecule has 0 aliphatic heterocycles. The Morgan fingerprint density at radius 3 is 2.85 bits per heavy atom. The van der Waals surface area contributed by atoms with Crippen molar-refractivity contribution in [2.45, 2.75) is 25.8 Å². The predicted molar refractivity (Wildman–Crippen MR) is 52.5 cm³/mol. The average Bonchev–Trinajstić information content (AvgIpc) is 2.90. The monoisotopic (exact) mass is 178 g/mol. The maximum atomic E-state index is 5.59. The van der Waals surface area contributed by atoms with E-state index in [0.717, 1.165) is 12.4 Å². The summed E-state index contributed by atoms with van der Waals surface area (Å²) < 4.78 is 0. The van der Waals surface area contributed by atoms with E-state index in [1.807, 2.05) is 6.07 Å². The molecular formula is C9H14N4. The highest BCUT2D eigenvalue weighted by Crippen LogP contribution is 2.30. The molecule has 2 N–H and O–H groups in total. The van der Waals surface area contributed by atoms with Crippen LogP contribution in [0.3, 0.4) is 0 Å². The van der Waals surface area contributed by atoms with Gasteiger partial charge in [0, 0.05) is 18.7 Å². The first-order valence-corrected chi connectivity index (χ1v) is 4.65. The number of anilines is 2. The lowest BCUT2D eigenvalue weighted by molar-refractivity contribution is 0.805. The van der Waals surface area contributed by atoms with Crippen molar-refractivity contribution in [3.8, 4) is 0 Å². The Balaban J connectivity index is 2.21. The molecule has 13 heavy (non-hydrogen) atoms. The minimum absolute atomic E-state index is 0.545. The van der Waals surface area contributed by atoms with Crippen LogP contribution in [0, 0.1) is 0 Å². The van der Waals surface area contributed by atoms with Crippen molar-refractivity contribution >= 4 is 11.6 Å². The Bertz CT molecular complexity index is 295. The molecule has 1 heterocycles. The van der Waals surface area contributed by atoms with E-state index in [-0.39, 0.29) is 0 Å². The molecule has 0 atom stereocenters. The fraction of sp³-hybridized carbons (Fsp3) is 0.556. The van der Waals surface area contributed by atoms with E-state index in [4.69, 9.17) is 5.73 Å². The molecule has 0 spiro atoms. The average molecular weight is 178 g/mol. The van der Waals surface area contributed by atoms with Gasteiger partial charge < -0.3 is 10.6 Å². The first-order chi connectivity index (χ1) is 6.31. The third kappa shape index (κ3) is 1.71. The van der Waals surface area contributed by atoms with Gasteiger partial charge in [-0.1, -0.05) is 0 Å². The second-order valence-electron chi connectivity index (χ2n) is 3.32. The van der Waals surface area contributed by atoms with Crippen LogP contribution in [0.4, 0.5) is 11.6 Å². The number of nitrogens with zero attached hydrogens (tertiary/aromatic N) is 3. The quantitative estimate of drug-likeness (QED) is 0.751. The van der Waals surface area contributed by atoms with Crippen molar-refractivity contribution in [1.29, 1.82) is 0 Å². The third-order valence-electron chi connectivity index (χ3n) is 2.30. The van der Waals surface area contributed by atoms with Gasteiger partial charge in [0.2, 0.25) is 0 Å². The van der Waals surface area contributed by atoms with Crippen molar-refractivity contribution < 1.29 is 0 Å². The Kier molecular flexibility index (Phi) is 2.04. The van der Waals surface area contributed by atoms with Gasteiger partial charge in [0.25, 0.3) is 0 Å².